The molecule has 2 heterocycles. The Morgan fingerprint density at radius 1 is 1.06 bits per heavy atom. The normalized spacial score (nSPS) is 21.4. The summed E-state index contributed by atoms with van der Waals surface area (Å²) in [6.07, 6.45) is -0.313. The lowest BCUT2D eigenvalue weighted by Crippen LogP contribution is -2.35. The average molecular weight is 476 g/mol. The Kier molecular flexibility index (Phi) is 6.93. The molecule has 8 heteroatoms. The van der Waals surface area contributed by atoms with Gasteiger partial charge in [0.25, 0.3) is 5.91 Å². The van der Waals surface area contributed by atoms with Gasteiger partial charge in [-0.15, -0.1) is 0 Å². The van der Waals surface area contributed by atoms with E-state index in [1.165, 1.54) is 0 Å². The molecule has 4 rings (SSSR count). The number of rotatable bonds is 6. The highest BCUT2D eigenvalue weighted by Gasteiger charge is 2.42. The second kappa shape index (κ2) is 9.69. The molecule has 0 aliphatic carbocycles. The van der Waals surface area contributed by atoms with Crippen LogP contribution in [0.1, 0.15) is 33.9 Å². The first kappa shape index (κ1) is 22.9. The number of carbonyl (C=O) groups excluding carboxylic acids is 1. The molecular formula is C24H27Cl2N3O3. The number of hydrogen-bond acceptors (Lipinski definition) is 3. The second-order valence-electron chi connectivity index (χ2n) is 8.79. The van der Waals surface area contributed by atoms with Gasteiger partial charge in [0, 0.05) is 32.7 Å². The fraction of sp³-hybridized carbons (Fsp3) is 0.417. The summed E-state index contributed by atoms with van der Waals surface area (Å²) in [6, 6.07) is 13.0. The molecule has 6 nitrogen and oxygen atoms in total. The number of nitrogens with one attached hydrogen (secondary N) is 1. The van der Waals surface area contributed by atoms with Crippen LogP contribution < -0.4 is 5.32 Å². The van der Waals surface area contributed by atoms with Crippen molar-refractivity contribution in [3.05, 3.63) is 69.2 Å². The van der Waals surface area contributed by atoms with Crippen LogP contribution >= 0.6 is 23.2 Å². The summed E-state index contributed by atoms with van der Waals surface area (Å²) in [7, 11) is 0. The summed E-state index contributed by atoms with van der Waals surface area (Å²) in [4.78, 5) is 28.6. The number of nitrogens with zero attached hydrogens (tertiary/aromatic N) is 2. The molecule has 0 spiro atoms. The maximum atomic E-state index is 13.1. The number of aryl methyl sites for hydroxylation is 1. The zero-order valence-corrected chi connectivity index (χ0v) is 19.4. The maximum Gasteiger partial charge on any atom is 0.405 e. The van der Waals surface area contributed by atoms with Gasteiger partial charge in [-0.25, -0.2) is 4.79 Å². The predicted octanol–water partition coefficient (Wildman–Crippen LogP) is 4.70. The fourth-order valence-corrected chi connectivity index (χ4v) is 5.73. The van der Waals surface area contributed by atoms with Crippen molar-refractivity contribution in [1.82, 2.24) is 15.1 Å². The highest BCUT2D eigenvalue weighted by molar-refractivity contribution is 6.39. The maximum absolute atomic E-state index is 13.1. The number of benzene rings is 2. The molecule has 2 saturated heterocycles. The number of likely N-dealkylation sites (tertiary alicyclic amines) is 2. The molecule has 3 atom stereocenters. The van der Waals surface area contributed by atoms with Crippen LogP contribution in [0.3, 0.4) is 0 Å². The van der Waals surface area contributed by atoms with Gasteiger partial charge in [0.15, 0.2) is 0 Å². The van der Waals surface area contributed by atoms with Crippen LogP contribution in [-0.4, -0.2) is 59.6 Å². The Morgan fingerprint density at radius 2 is 1.66 bits per heavy atom. The van der Waals surface area contributed by atoms with E-state index < -0.39 is 6.09 Å². The number of carboxylic acid groups (broad SMARTS) is 1. The number of fused-ring (bicyclic) bond motifs is 1. The first-order valence-electron chi connectivity index (χ1n) is 10.8. The Morgan fingerprint density at radius 3 is 2.22 bits per heavy atom. The Bertz CT molecular complexity index is 964. The topological polar surface area (TPSA) is 72.9 Å². The molecule has 2 fully saturated rings. The molecule has 2 N–H and O–H groups in total. The highest BCUT2D eigenvalue weighted by atomic mass is 35.5. The van der Waals surface area contributed by atoms with E-state index in [4.69, 9.17) is 23.2 Å². The van der Waals surface area contributed by atoms with Crippen molar-refractivity contribution in [1.29, 1.82) is 0 Å². The third-order valence-electron chi connectivity index (χ3n) is 6.48. The molecular weight excluding hydrogens is 449 g/mol. The largest absolute Gasteiger partial charge is 0.465 e. The Balaban J connectivity index is 1.34. The summed E-state index contributed by atoms with van der Waals surface area (Å²) in [6.45, 7) is 5.88. The van der Waals surface area contributed by atoms with Gasteiger partial charge in [-0.2, -0.15) is 0 Å². The van der Waals surface area contributed by atoms with Crippen LogP contribution in [0.4, 0.5) is 4.79 Å². The number of halogens is 2. The van der Waals surface area contributed by atoms with E-state index in [2.05, 4.69) is 10.2 Å². The van der Waals surface area contributed by atoms with Gasteiger partial charge in [0.1, 0.15) is 0 Å². The molecule has 2 unspecified atom stereocenters. The molecule has 32 heavy (non-hydrogen) atoms. The van der Waals surface area contributed by atoms with E-state index >= 15 is 0 Å². The van der Waals surface area contributed by atoms with E-state index in [1.807, 2.05) is 42.2 Å². The molecule has 2 aliphatic heterocycles. The molecule has 0 saturated carbocycles. The van der Waals surface area contributed by atoms with E-state index in [0.29, 0.717) is 47.0 Å². The van der Waals surface area contributed by atoms with Crippen LogP contribution in [0.5, 0.6) is 0 Å². The third kappa shape index (κ3) is 5.03. The van der Waals surface area contributed by atoms with Crippen LogP contribution in [0, 0.1) is 18.8 Å². The lowest BCUT2D eigenvalue weighted by molar-refractivity contribution is 0.0774. The van der Waals surface area contributed by atoms with Crippen molar-refractivity contribution in [2.75, 3.05) is 32.7 Å². The van der Waals surface area contributed by atoms with Gasteiger partial charge in [-0.1, -0.05) is 53.5 Å². The minimum Gasteiger partial charge on any atom is -0.465 e. The zero-order chi connectivity index (χ0) is 22.8. The summed E-state index contributed by atoms with van der Waals surface area (Å²) < 4.78 is 0. The third-order valence-corrected chi connectivity index (χ3v) is 7.08. The smallest absolute Gasteiger partial charge is 0.405 e. The lowest BCUT2D eigenvalue weighted by Gasteiger charge is -2.24. The van der Waals surface area contributed by atoms with Gasteiger partial charge < -0.3 is 20.2 Å². The number of carbonyl (C=O) groups is 2. The van der Waals surface area contributed by atoms with E-state index in [1.54, 1.807) is 12.1 Å². The number of amides is 2. The highest BCUT2D eigenvalue weighted by Crippen LogP contribution is 2.35. The minimum atomic E-state index is -1.01. The molecule has 170 valence electrons. The lowest BCUT2D eigenvalue weighted by atomic mass is 10.0. The van der Waals surface area contributed by atoms with Gasteiger partial charge in [-0.3, -0.25) is 4.79 Å². The second-order valence-corrected chi connectivity index (χ2v) is 9.61. The first-order chi connectivity index (χ1) is 15.3. The van der Waals surface area contributed by atoms with Crippen molar-refractivity contribution < 1.29 is 14.7 Å². The summed E-state index contributed by atoms with van der Waals surface area (Å²) in [5.74, 6) is 0.713. The van der Waals surface area contributed by atoms with Gasteiger partial charge in [0.2, 0.25) is 0 Å². The Hall–Kier alpha value is -2.28. The summed E-state index contributed by atoms with van der Waals surface area (Å²) in [5.41, 5.74) is 2.29. The van der Waals surface area contributed by atoms with Crippen molar-refractivity contribution in [2.45, 2.75) is 19.4 Å². The molecule has 2 aromatic carbocycles. The van der Waals surface area contributed by atoms with Crippen LogP contribution in [0.2, 0.25) is 10.0 Å². The predicted molar refractivity (Wildman–Crippen MR) is 125 cm³/mol. The zero-order valence-electron chi connectivity index (χ0n) is 17.9. The minimum absolute atomic E-state index is 0.101. The van der Waals surface area contributed by atoms with E-state index in [0.717, 1.165) is 30.8 Å². The van der Waals surface area contributed by atoms with Gasteiger partial charge >= 0.3 is 6.09 Å². The van der Waals surface area contributed by atoms with Crippen molar-refractivity contribution in [2.24, 2.45) is 11.8 Å². The standard InChI is InChI=1S/C24H27Cl2N3O3/c1-15-9-19(25)22(20(26)10-15)23(30)29-13-17-11-28(12-18(17)14-29)8-7-21(27-24(31)32)16-5-3-2-4-6-16/h2-6,9-10,17-18,21,27H,7-8,11-14H2,1H3,(H,31,32)/t17-,18?,21?/m0/s1. The van der Waals surface area contributed by atoms with Crippen LogP contribution in [0.25, 0.3) is 0 Å². The van der Waals surface area contributed by atoms with Gasteiger partial charge in [0.05, 0.1) is 21.7 Å². The molecule has 0 radical (unpaired) electrons. The van der Waals surface area contributed by atoms with E-state index in [9.17, 15) is 14.7 Å². The molecule has 0 bridgehead atoms. The van der Waals surface area contributed by atoms with Gasteiger partial charge in [-0.05, 0) is 48.4 Å². The summed E-state index contributed by atoms with van der Waals surface area (Å²) >= 11 is 12.6. The van der Waals surface area contributed by atoms with Crippen molar-refractivity contribution >= 4 is 35.2 Å². The van der Waals surface area contributed by atoms with Crippen molar-refractivity contribution in [3.63, 3.8) is 0 Å². The Labute approximate surface area is 198 Å². The molecule has 2 aromatic rings. The molecule has 2 aliphatic rings. The molecule has 2 amide bonds. The average Bonchev–Trinajstić information content (AvgIpc) is 3.29. The monoisotopic (exact) mass is 475 g/mol. The van der Waals surface area contributed by atoms with Crippen molar-refractivity contribution in [3.8, 4) is 0 Å². The molecule has 0 aromatic heterocycles. The van der Waals surface area contributed by atoms with Crippen LogP contribution in [-0.2, 0) is 0 Å². The van der Waals surface area contributed by atoms with E-state index in [-0.39, 0.29) is 11.9 Å². The fourth-order valence-electron chi connectivity index (χ4n) is 4.97. The number of hydrogen-bond donors (Lipinski definition) is 2. The first-order valence-corrected chi connectivity index (χ1v) is 11.6. The quantitative estimate of drug-likeness (QED) is 0.634. The summed E-state index contributed by atoms with van der Waals surface area (Å²) in [5, 5.41) is 12.7. The van der Waals surface area contributed by atoms with Crippen LogP contribution in [0.15, 0.2) is 42.5 Å². The SMILES string of the molecule is Cc1cc(Cl)c(C(=O)N2CC3CN(CCC(NC(=O)O)c4ccccc4)C[C@H]3C2)c(Cl)c1.